The van der Waals surface area contributed by atoms with E-state index in [4.69, 9.17) is 0 Å². The monoisotopic (exact) mass is 456 g/mol. The van der Waals surface area contributed by atoms with Crippen LogP contribution < -0.4 is 10.2 Å². The van der Waals surface area contributed by atoms with Gasteiger partial charge in [-0.3, -0.25) is 14.5 Å². The van der Waals surface area contributed by atoms with E-state index in [2.05, 4.69) is 14.9 Å². The fraction of sp³-hybridized carbons (Fsp3) is 0.231. The summed E-state index contributed by atoms with van der Waals surface area (Å²) in [7, 11) is 0. The van der Waals surface area contributed by atoms with Crippen molar-refractivity contribution in [3.8, 4) is 0 Å². The second-order valence-electron chi connectivity index (χ2n) is 8.27. The SMILES string of the molecule is O=C(NC1CCCC1)[C@@H](c1ccccc1)N(C(=O)c1csnn1)c1cccc2ccccc12. The highest BCUT2D eigenvalue weighted by molar-refractivity contribution is 7.03. The lowest BCUT2D eigenvalue weighted by molar-refractivity contribution is -0.123. The van der Waals surface area contributed by atoms with Gasteiger partial charge in [-0.25, -0.2) is 0 Å². The van der Waals surface area contributed by atoms with E-state index in [-0.39, 0.29) is 23.6 Å². The van der Waals surface area contributed by atoms with Crippen LogP contribution in [0, 0.1) is 0 Å². The predicted octanol–water partition coefficient (Wildman–Crippen LogP) is 5.14. The van der Waals surface area contributed by atoms with Crippen molar-refractivity contribution >= 4 is 39.8 Å². The van der Waals surface area contributed by atoms with Crippen molar-refractivity contribution in [3.63, 3.8) is 0 Å². The van der Waals surface area contributed by atoms with Crippen LogP contribution in [0.2, 0.25) is 0 Å². The molecule has 0 unspecified atom stereocenters. The fourth-order valence-corrected chi connectivity index (χ4v) is 5.00. The zero-order valence-electron chi connectivity index (χ0n) is 18.1. The Labute approximate surface area is 196 Å². The average Bonchev–Trinajstić information content (AvgIpc) is 3.57. The first-order chi connectivity index (χ1) is 16.2. The Bertz CT molecular complexity index is 1250. The van der Waals surface area contributed by atoms with Gasteiger partial charge in [-0.1, -0.05) is 84.1 Å². The number of rotatable bonds is 6. The van der Waals surface area contributed by atoms with Crippen molar-refractivity contribution < 1.29 is 9.59 Å². The molecule has 7 heteroatoms. The highest BCUT2D eigenvalue weighted by Crippen LogP contribution is 2.35. The van der Waals surface area contributed by atoms with Gasteiger partial charge in [0, 0.05) is 16.8 Å². The standard InChI is InChI=1S/C26H24N4O2S/c31-25(27-20-13-5-6-14-20)24(19-10-2-1-3-11-19)30(26(32)22-17-33-29-28-22)23-16-8-12-18-9-4-7-15-21(18)23/h1-4,7-12,15-17,20,24H,5-6,13-14H2,(H,27,31)/t24-/m1/s1. The lowest BCUT2D eigenvalue weighted by Crippen LogP contribution is -2.46. The molecule has 1 N–H and O–H groups in total. The van der Waals surface area contributed by atoms with Gasteiger partial charge in [-0.05, 0) is 41.4 Å². The quantitative estimate of drug-likeness (QED) is 0.436. The Kier molecular flexibility index (Phi) is 6.13. The minimum atomic E-state index is -0.841. The third kappa shape index (κ3) is 4.36. The van der Waals surface area contributed by atoms with Crippen molar-refractivity contribution in [2.45, 2.75) is 37.8 Å². The molecular weight excluding hydrogens is 432 g/mol. The van der Waals surface area contributed by atoms with Gasteiger partial charge in [0.05, 0.1) is 5.69 Å². The molecule has 5 rings (SSSR count). The number of hydrogen-bond acceptors (Lipinski definition) is 5. The lowest BCUT2D eigenvalue weighted by atomic mass is 10.00. The van der Waals surface area contributed by atoms with Crippen molar-refractivity contribution in [2.24, 2.45) is 0 Å². The maximum Gasteiger partial charge on any atom is 0.280 e. The summed E-state index contributed by atoms with van der Waals surface area (Å²) >= 11 is 1.12. The van der Waals surface area contributed by atoms with Gasteiger partial charge >= 0.3 is 0 Å². The molecule has 1 saturated carbocycles. The second kappa shape index (κ2) is 9.50. The van der Waals surface area contributed by atoms with Gasteiger partial charge in [-0.2, -0.15) is 0 Å². The van der Waals surface area contributed by atoms with Crippen LogP contribution in [0.3, 0.4) is 0 Å². The summed E-state index contributed by atoms with van der Waals surface area (Å²) in [6.45, 7) is 0. The number of carbonyl (C=O) groups excluding carboxylic acids is 2. The van der Waals surface area contributed by atoms with E-state index in [1.54, 1.807) is 10.3 Å². The number of hydrogen-bond donors (Lipinski definition) is 1. The Balaban J connectivity index is 1.67. The molecule has 1 heterocycles. The Hall–Kier alpha value is -3.58. The highest BCUT2D eigenvalue weighted by atomic mass is 32.1. The van der Waals surface area contributed by atoms with Crippen molar-refractivity contribution in [2.75, 3.05) is 4.90 Å². The van der Waals surface area contributed by atoms with Crippen LogP contribution in [-0.2, 0) is 4.79 Å². The van der Waals surface area contributed by atoms with Gasteiger partial charge < -0.3 is 5.32 Å². The van der Waals surface area contributed by atoms with Crippen molar-refractivity contribution in [1.29, 1.82) is 0 Å². The highest BCUT2D eigenvalue weighted by Gasteiger charge is 2.36. The van der Waals surface area contributed by atoms with E-state index in [1.807, 2.05) is 72.8 Å². The zero-order chi connectivity index (χ0) is 22.6. The zero-order valence-corrected chi connectivity index (χ0v) is 18.9. The number of nitrogens with zero attached hydrogens (tertiary/aromatic N) is 3. The first-order valence-electron chi connectivity index (χ1n) is 11.2. The average molecular weight is 457 g/mol. The van der Waals surface area contributed by atoms with Crippen LogP contribution in [0.4, 0.5) is 5.69 Å². The number of fused-ring (bicyclic) bond motifs is 1. The molecule has 1 aliphatic rings. The fourth-order valence-electron chi connectivity index (χ4n) is 4.57. The Morgan fingerprint density at radius 1 is 0.939 bits per heavy atom. The minimum Gasteiger partial charge on any atom is -0.351 e. The third-order valence-electron chi connectivity index (χ3n) is 6.15. The van der Waals surface area contributed by atoms with Crippen LogP contribution in [-0.4, -0.2) is 27.4 Å². The van der Waals surface area contributed by atoms with Gasteiger partial charge in [0.1, 0.15) is 6.04 Å². The Morgan fingerprint density at radius 3 is 2.42 bits per heavy atom. The summed E-state index contributed by atoms with van der Waals surface area (Å²) < 4.78 is 3.89. The molecule has 2 amide bonds. The minimum absolute atomic E-state index is 0.133. The van der Waals surface area contributed by atoms with E-state index >= 15 is 0 Å². The number of amides is 2. The third-order valence-corrected chi connectivity index (χ3v) is 6.65. The van der Waals surface area contributed by atoms with Crippen LogP contribution >= 0.6 is 11.5 Å². The molecule has 3 aromatic carbocycles. The smallest absolute Gasteiger partial charge is 0.280 e. The number of benzene rings is 3. The molecule has 33 heavy (non-hydrogen) atoms. The lowest BCUT2D eigenvalue weighted by Gasteiger charge is -2.32. The Morgan fingerprint density at radius 2 is 1.67 bits per heavy atom. The summed E-state index contributed by atoms with van der Waals surface area (Å²) in [5, 5.41) is 10.7. The predicted molar refractivity (Wildman–Crippen MR) is 130 cm³/mol. The van der Waals surface area contributed by atoms with Crippen LogP contribution in [0.1, 0.15) is 47.8 Å². The molecular formula is C26H24N4O2S. The molecule has 0 bridgehead atoms. The van der Waals surface area contributed by atoms with Gasteiger partial charge in [0.25, 0.3) is 5.91 Å². The molecule has 1 atom stereocenters. The summed E-state index contributed by atoms with van der Waals surface area (Å²) in [6, 6.07) is 22.4. The van der Waals surface area contributed by atoms with E-state index in [0.717, 1.165) is 53.6 Å². The van der Waals surface area contributed by atoms with E-state index < -0.39 is 6.04 Å². The molecule has 0 aliphatic heterocycles. The molecule has 6 nitrogen and oxygen atoms in total. The molecule has 0 radical (unpaired) electrons. The number of carbonyl (C=O) groups is 2. The van der Waals surface area contributed by atoms with E-state index in [1.165, 1.54) is 0 Å². The second-order valence-corrected chi connectivity index (χ2v) is 8.88. The first kappa shape index (κ1) is 21.3. The largest absolute Gasteiger partial charge is 0.351 e. The van der Waals surface area contributed by atoms with Gasteiger partial charge in [-0.15, -0.1) is 5.10 Å². The summed E-state index contributed by atoms with van der Waals surface area (Å²) in [5.74, 6) is -0.534. The van der Waals surface area contributed by atoms with E-state index in [9.17, 15) is 9.59 Å². The summed E-state index contributed by atoms with van der Waals surface area (Å²) in [6.07, 6.45) is 4.14. The molecule has 1 aromatic heterocycles. The summed E-state index contributed by atoms with van der Waals surface area (Å²) in [4.78, 5) is 29.2. The summed E-state index contributed by atoms with van der Waals surface area (Å²) in [5.41, 5.74) is 1.64. The molecule has 0 spiro atoms. The number of nitrogens with one attached hydrogen (secondary N) is 1. The maximum absolute atomic E-state index is 13.9. The maximum atomic E-state index is 13.9. The van der Waals surface area contributed by atoms with Crippen LogP contribution in [0.15, 0.2) is 78.2 Å². The molecule has 1 fully saturated rings. The number of anilines is 1. The van der Waals surface area contributed by atoms with Crippen LogP contribution in [0.25, 0.3) is 10.8 Å². The topological polar surface area (TPSA) is 75.2 Å². The molecule has 4 aromatic rings. The van der Waals surface area contributed by atoms with Crippen LogP contribution in [0.5, 0.6) is 0 Å². The molecule has 166 valence electrons. The molecule has 0 saturated heterocycles. The molecule has 1 aliphatic carbocycles. The van der Waals surface area contributed by atoms with E-state index in [0.29, 0.717) is 5.69 Å². The normalized spacial score (nSPS) is 14.8. The van der Waals surface area contributed by atoms with Crippen molar-refractivity contribution in [1.82, 2.24) is 14.9 Å². The number of aromatic nitrogens is 2. The van der Waals surface area contributed by atoms with Gasteiger partial charge in [0.2, 0.25) is 5.91 Å². The van der Waals surface area contributed by atoms with Gasteiger partial charge in [0.15, 0.2) is 5.69 Å². The first-order valence-corrected chi connectivity index (χ1v) is 12.0. The van der Waals surface area contributed by atoms with Crippen molar-refractivity contribution in [3.05, 3.63) is 89.4 Å².